The lowest BCUT2D eigenvalue weighted by Gasteiger charge is -2.04. The summed E-state index contributed by atoms with van der Waals surface area (Å²) < 4.78 is 1.58. The zero-order chi connectivity index (χ0) is 16.4. The van der Waals surface area contributed by atoms with Crippen molar-refractivity contribution in [3.05, 3.63) is 76.5 Å². The maximum absolute atomic E-state index is 11.9. The number of rotatable bonds is 4. The first kappa shape index (κ1) is 14.6. The van der Waals surface area contributed by atoms with Crippen molar-refractivity contribution >= 4 is 11.5 Å². The molecule has 1 heterocycles. The molecule has 0 aliphatic heterocycles. The summed E-state index contributed by atoms with van der Waals surface area (Å²) in [6.07, 6.45) is 0. The summed E-state index contributed by atoms with van der Waals surface area (Å²) in [5, 5.41) is 15.2. The molecule has 0 aliphatic rings. The van der Waals surface area contributed by atoms with Gasteiger partial charge in [0.25, 0.3) is 5.69 Å². The van der Waals surface area contributed by atoms with E-state index in [-0.39, 0.29) is 11.5 Å². The van der Waals surface area contributed by atoms with Crippen LogP contribution in [0.25, 0.3) is 16.9 Å². The SMILES string of the molecule is CC(=O)c1cc(-c2ccc([N+](=O)[O-])cc2)nn1-c1ccccc1. The van der Waals surface area contributed by atoms with Crippen LogP contribution in [0.15, 0.2) is 60.7 Å². The number of benzene rings is 2. The van der Waals surface area contributed by atoms with Crippen LogP contribution >= 0.6 is 0 Å². The minimum absolute atomic E-state index is 0.0167. The van der Waals surface area contributed by atoms with Crippen molar-refractivity contribution < 1.29 is 9.72 Å². The number of nitro benzene ring substituents is 1. The van der Waals surface area contributed by atoms with E-state index < -0.39 is 4.92 Å². The van der Waals surface area contributed by atoms with Crippen molar-refractivity contribution in [3.8, 4) is 16.9 Å². The Hall–Kier alpha value is -3.28. The van der Waals surface area contributed by atoms with Crippen LogP contribution in [0, 0.1) is 10.1 Å². The Bertz CT molecular complexity index is 868. The highest BCUT2D eigenvalue weighted by Gasteiger charge is 2.15. The Morgan fingerprint density at radius 2 is 1.74 bits per heavy atom. The molecule has 0 aliphatic carbocycles. The molecule has 114 valence electrons. The summed E-state index contributed by atoms with van der Waals surface area (Å²) in [5.74, 6) is -0.102. The first-order valence-corrected chi connectivity index (χ1v) is 6.97. The summed E-state index contributed by atoms with van der Waals surface area (Å²) in [6.45, 7) is 1.48. The predicted molar refractivity (Wildman–Crippen MR) is 85.7 cm³/mol. The van der Waals surface area contributed by atoms with Gasteiger partial charge >= 0.3 is 0 Å². The van der Waals surface area contributed by atoms with Gasteiger partial charge in [-0.2, -0.15) is 5.10 Å². The van der Waals surface area contributed by atoms with E-state index in [4.69, 9.17) is 0 Å². The lowest BCUT2D eigenvalue weighted by molar-refractivity contribution is -0.384. The van der Waals surface area contributed by atoms with Gasteiger partial charge < -0.3 is 0 Å². The zero-order valence-corrected chi connectivity index (χ0v) is 12.3. The first-order valence-electron chi connectivity index (χ1n) is 6.97. The van der Waals surface area contributed by atoms with Crippen molar-refractivity contribution in [2.45, 2.75) is 6.92 Å². The fourth-order valence-electron chi connectivity index (χ4n) is 2.29. The number of non-ortho nitro benzene ring substituents is 1. The van der Waals surface area contributed by atoms with Crippen LogP contribution in [0.3, 0.4) is 0 Å². The van der Waals surface area contributed by atoms with Crippen LogP contribution in [0.1, 0.15) is 17.4 Å². The molecule has 23 heavy (non-hydrogen) atoms. The number of ketones is 1. The van der Waals surface area contributed by atoms with E-state index >= 15 is 0 Å². The number of para-hydroxylation sites is 1. The third kappa shape index (κ3) is 2.87. The highest BCUT2D eigenvalue weighted by Crippen LogP contribution is 2.24. The fourth-order valence-corrected chi connectivity index (χ4v) is 2.29. The van der Waals surface area contributed by atoms with E-state index in [2.05, 4.69) is 5.10 Å². The van der Waals surface area contributed by atoms with E-state index in [0.717, 1.165) is 5.69 Å². The summed E-state index contributed by atoms with van der Waals surface area (Å²) >= 11 is 0. The third-order valence-electron chi connectivity index (χ3n) is 3.44. The van der Waals surface area contributed by atoms with Crippen LogP contribution in [0.2, 0.25) is 0 Å². The summed E-state index contributed by atoms with van der Waals surface area (Å²) in [5.41, 5.74) is 2.57. The Labute approximate surface area is 132 Å². The molecule has 0 N–H and O–H groups in total. The second-order valence-corrected chi connectivity index (χ2v) is 5.02. The average Bonchev–Trinajstić information content (AvgIpc) is 3.01. The van der Waals surface area contributed by atoms with Crippen LogP contribution in [0.4, 0.5) is 5.69 Å². The van der Waals surface area contributed by atoms with E-state index in [1.165, 1.54) is 19.1 Å². The number of hydrogen-bond acceptors (Lipinski definition) is 4. The summed E-state index contributed by atoms with van der Waals surface area (Å²) in [7, 11) is 0. The predicted octanol–water partition coefficient (Wildman–Crippen LogP) is 3.65. The molecule has 0 radical (unpaired) electrons. The molecule has 0 fully saturated rings. The van der Waals surface area contributed by atoms with Gasteiger partial charge in [0.1, 0.15) is 5.69 Å². The minimum Gasteiger partial charge on any atom is -0.293 e. The van der Waals surface area contributed by atoms with Crippen molar-refractivity contribution in [1.82, 2.24) is 9.78 Å². The van der Waals surface area contributed by atoms with Crippen molar-refractivity contribution in [1.29, 1.82) is 0 Å². The fraction of sp³-hybridized carbons (Fsp3) is 0.0588. The standard InChI is InChI=1S/C17H13N3O3/c1-12(21)17-11-16(13-7-9-15(10-8-13)20(22)23)18-19(17)14-5-3-2-4-6-14/h2-11H,1H3. The van der Waals surface area contributed by atoms with Crippen LogP contribution < -0.4 is 0 Å². The van der Waals surface area contributed by atoms with Crippen molar-refractivity contribution in [2.75, 3.05) is 0 Å². The van der Waals surface area contributed by atoms with Crippen molar-refractivity contribution in [2.24, 2.45) is 0 Å². The number of aromatic nitrogens is 2. The Morgan fingerprint density at radius 1 is 1.09 bits per heavy atom. The molecule has 3 aromatic rings. The Balaban J connectivity index is 2.07. The van der Waals surface area contributed by atoms with Crippen LogP contribution in [-0.2, 0) is 0 Å². The molecule has 0 unspecified atom stereocenters. The van der Waals surface area contributed by atoms with Crippen LogP contribution in [-0.4, -0.2) is 20.5 Å². The average molecular weight is 307 g/mol. The normalized spacial score (nSPS) is 10.5. The molecule has 3 rings (SSSR count). The number of Topliss-reactive ketones (excluding diaryl/α,β-unsaturated/α-hetero) is 1. The molecular formula is C17H13N3O3. The first-order chi connectivity index (χ1) is 11.1. The Morgan fingerprint density at radius 3 is 2.30 bits per heavy atom. The lowest BCUT2D eigenvalue weighted by atomic mass is 10.1. The monoisotopic (exact) mass is 307 g/mol. The number of nitro groups is 1. The molecule has 6 nitrogen and oxygen atoms in total. The highest BCUT2D eigenvalue weighted by molar-refractivity contribution is 5.94. The second-order valence-electron chi connectivity index (χ2n) is 5.02. The topological polar surface area (TPSA) is 78.0 Å². The van der Waals surface area contributed by atoms with Gasteiger partial charge in [0.2, 0.25) is 0 Å². The van der Waals surface area contributed by atoms with E-state index in [1.807, 2.05) is 30.3 Å². The maximum Gasteiger partial charge on any atom is 0.269 e. The molecule has 0 saturated carbocycles. The summed E-state index contributed by atoms with van der Waals surface area (Å²) in [6, 6.07) is 17.1. The van der Waals surface area contributed by atoms with E-state index in [0.29, 0.717) is 17.0 Å². The molecule has 0 saturated heterocycles. The number of carbonyl (C=O) groups is 1. The minimum atomic E-state index is -0.451. The largest absolute Gasteiger partial charge is 0.293 e. The third-order valence-corrected chi connectivity index (χ3v) is 3.44. The van der Waals surface area contributed by atoms with Gasteiger partial charge in [0, 0.05) is 24.6 Å². The second kappa shape index (κ2) is 5.84. The van der Waals surface area contributed by atoms with Gasteiger partial charge in [-0.15, -0.1) is 0 Å². The van der Waals surface area contributed by atoms with Gasteiger partial charge in [0.15, 0.2) is 5.78 Å². The summed E-state index contributed by atoms with van der Waals surface area (Å²) in [4.78, 5) is 22.1. The Kier molecular flexibility index (Phi) is 3.72. The zero-order valence-electron chi connectivity index (χ0n) is 12.3. The molecule has 0 atom stereocenters. The van der Waals surface area contributed by atoms with Gasteiger partial charge in [-0.1, -0.05) is 18.2 Å². The molecule has 2 aromatic carbocycles. The maximum atomic E-state index is 11.9. The molecule has 1 aromatic heterocycles. The highest BCUT2D eigenvalue weighted by atomic mass is 16.6. The van der Waals surface area contributed by atoms with Gasteiger partial charge in [-0.05, 0) is 30.3 Å². The molecule has 0 spiro atoms. The quantitative estimate of drug-likeness (QED) is 0.419. The smallest absolute Gasteiger partial charge is 0.269 e. The lowest BCUT2D eigenvalue weighted by Crippen LogP contribution is -2.05. The van der Waals surface area contributed by atoms with Crippen LogP contribution in [0.5, 0.6) is 0 Å². The number of hydrogen-bond donors (Lipinski definition) is 0. The molecule has 0 bridgehead atoms. The number of nitrogens with zero attached hydrogens (tertiary/aromatic N) is 3. The molecular weight excluding hydrogens is 294 g/mol. The van der Waals surface area contributed by atoms with Gasteiger partial charge in [0.05, 0.1) is 16.3 Å². The number of carbonyl (C=O) groups excluding carboxylic acids is 1. The van der Waals surface area contributed by atoms with Crippen molar-refractivity contribution in [3.63, 3.8) is 0 Å². The van der Waals surface area contributed by atoms with Gasteiger partial charge in [-0.3, -0.25) is 14.9 Å². The molecule has 0 amide bonds. The van der Waals surface area contributed by atoms with E-state index in [1.54, 1.807) is 22.9 Å². The molecule has 6 heteroatoms. The van der Waals surface area contributed by atoms with E-state index in [9.17, 15) is 14.9 Å². The van der Waals surface area contributed by atoms with Gasteiger partial charge in [-0.25, -0.2) is 4.68 Å².